The molecular weight excluding hydrogens is 314 g/mol. The highest BCUT2D eigenvalue weighted by Crippen LogP contribution is 2.31. The van der Waals surface area contributed by atoms with Crippen LogP contribution in [-0.2, 0) is 11.3 Å². The Bertz CT molecular complexity index is 994. The normalized spacial score (nSPS) is 22.9. The van der Waals surface area contributed by atoms with Crippen molar-refractivity contribution >= 4 is 11.0 Å². The summed E-state index contributed by atoms with van der Waals surface area (Å²) < 4.78 is 5.74. The molecule has 0 radical (unpaired) electrons. The third-order valence-corrected chi connectivity index (χ3v) is 5.50. The molecule has 0 aliphatic carbocycles. The summed E-state index contributed by atoms with van der Waals surface area (Å²) in [6.45, 7) is 5.24. The minimum Gasteiger partial charge on any atom is -0.372 e. The van der Waals surface area contributed by atoms with E-state index in [1.807, 2.05) is 12.1 Å². The van der Waals surface area contributed by atoms with Gasteiger partial charge in [0.25, 0.3) is 0 Å². The zero-order valence-electron chi connectivity index (χ0n) is 14.2. The number of nitrogens with zero attached hydrogens (tertiary/aromatic N) is 1. The molecule has 0 saturated carbocycles. The van der Waals surface area contributed by atoms with Crippen LogP contribution >= 0.6 is 0 Å². The Balaban J connectivity index is 0.00000168. The summed E-state index contributed by atoms with van der Waals surface area (Å²) in [6, 6.07) is 12.6. The smallest absolute Gasteiger partial charge is 0.323 e. The van der Waals surface area contributed by atoms with Crippen molar-refractivity contribution in [3.63, 3.8) is 0 Å². The van der Waals surface area contributed by atoms with E-state index >= 15 is 0 Å². The number of aromatic amines is 2. The van der Waals surface area contributed by atoms with Crippen molar-refractivity contribution in [3.05, 3.63) is 58.0 Å². The lowest BCUT2D eigenvalue weighted by molar-refractivity contribution is -0.182. The van der Waals surface area contributed by atoms with Crippen molar-refractivity contribution in [3.8, 4) is 11.1 Å². The van der Waals surface area contributed by atoms with Gasteiger partial charge in [0.1, 0.15) is 0 Å². The molecule has 2 unspecified atom stereocenters. The van der Waals surface area contributed by atoms with Crippen LogP contribution in [-0.4, -0.2) is 40.2 Å². The number of nitrogens with one attached hydrogen (secondary N) is 2. The molecule has 130 valence electrons. The molecule has 3 saturated heterocycles. The van der Waals surface area contributed by atoms with E-state index in [1.165, 1.54) is 23.1 Å². The molecule has 1 aromatic heterocycles. The fourth-order valence-corrected chi connectivity index (χ4v) is 4.18. The third kappa shape index (κ3) is 2.60. The number of rotatable bonds is 3. The Morgan fingerprint density at radius 2 is 1.92 bits per heavy atom. The molecule has 3 fully saturated rings. The fraction of sp³-hybridized carbons (Fsp3) is 0.350. The number of aromatic nitrogens is 2. The molecule has 2 N–H and O–H groups in total. The van der Waals surface area contributed by atoms with Gasteiger partial charge in [-0.05, 0) is 41.3 Å². The number of hydrogen-bond donors (Lipinski definition) is 2. The van der Waals surface area contributed by atoms with Crippen LogP contribution in [0.2, 0.25) is 0 Å². The van der Waals surface area contributed by atoms with Gasteiger partial charge in [0, 0.05) is 27.5 Å². The van der Waals surface area contributed by atoms with Crippen molar-refractivity contribution in [1.29, 1.82) is 0 Å². The van der Waals surface area contributed by atoms with E-state index in [1.54, 1.807) is 0 Å². The highest BCUT2D eigenvalue weighted by molar-refractivity contribution is 5.82. The van der Waals surface area contributed by atoms with Crippen LogP contribution in [0.4, 0.5) is 0 Å². The van der Waals surface area contributed by atoms with Gasteiger partial charge in [-0.3, -0.25) is 4.90 Å². The Morgan fingerprint density at radius 1 is 1.16 bits per heavy atom. The topological polar surface area (TPSA) is 61.1 Å². The molecule has 2 aromatic carbocycles. The van der Waals surface area contributed by atoms with Gasteiger partial charge in [-0.1, -0.05) is 24.3 Å². The molecule has 0 spiro atoms. The van der Waals surface area contributed by atoms with E-state index in [9.17, 15) is 4.79 Å². The first-order valence-corrected chi connectivity index (χ1v) is 8.84. The van der Waals surface area contributed by atoms with Crippen molar-refractivity contribution in [2.24, 2.45) is 0 Å². The molecule has 5 nitrogen and oxygen atoms in total. The summed E-state index contributed by atoms with van der Waals surface area (Å²) in [5, 5.41) is 0. The van der Waals surface area contributed by atoms with Gasteiger partial charge in [0.05, 0.1) is 23.2 Å². The second kappa shape index (κ2) is 5.58. The number of fused-ring (bicyclic) bond motifs is 3. The molecule has 5 heteroatoms. The monoisotopic (exact) mass is 337 g/mol. The van der Waals surface area contributed by atoms with Gasteiger partial charge >= 0.3 is 5.69 Å². The lowest BCUT2D eigenvalue weighted by Crippen LogP contribution is -2.56. The van der Waals surface area contributed by atoms with Crippen molar-refractivity contribution in [1.82, 2.24) is 14.9 Å². The van der Waals surface area contributed by atoms with Crippen LogP contribution in [0.25, 0.3) is 22.2 Å². The lowest BCUT2D eigenvalue weighted by Gasteiger charge is -2.47. The van der Waals surface area contributed by atoms with Crippen LogP contribution in [0.5, 0.6) is 0 Å². The second-order valence-electron chi connectivity index (χ2n) is 7.24. The average Bonchev–Trinajstić information content (AvgIpc) is 2.95. The van der Waals surface area contributed by atoms with E-state index in [4.69, 9.17) is 4.74 Å². The minimum absolute atomic E-state index is 0. The zero-order valence-corrected chi connectivity index (χ0v) is 14.2. The Labute approximate surface area is 147 Å². The minimum atomic E-state index is -0.163. The molecule has 25 heavy (non-hydrogen) atoms. The van der Waals surface area contributed by atoms with Gasteiger partial charge in [0.15, 0.2) is 0 Å². The summed E-state index contributed by atoms with van der Waals surface area (Å²) in [5.74, 6) is 0. The summed E-state index contributed by atoms with van der Waals surface area (Å²) in [4.78, 5) is 19.6. The summed E-state index contributed by atoms with van der Waals surface area (Å²) in [6.07, 6.45) is 2.11. The third-order valence-electron chi connectivity index (χ3n) is 5.50. The highest BCUT2D eigenvalue weighted by Gasteiger charge is 2.38. The largest absolute Gasteiger partial charge is 0.372 e. The van der Waals surface area contributed by atoms with Gasteiger partial charge < -0.3 is 14.7 Å². The first-order chi connectivity index (χ1) is 12.2. The van der Waals surface area contributed by atoms with E-state index in [-0.39, 0.29) is 7.12 Å². The number of hydrogen-bond acceptors (Lipinski definition) is 3. The molecule has 3 aromatic rings. The SMILES string of the molecule is Cc1c(CN2CC3CC(C2)O3)cccc1-c1ccc2[nH]c(=O)[nH]c2c1.[HH]. The second-order valence-corrected chi connectivity index (χ2v) is 7.24. The Hall–Kier alpha value is -2.37. The van der Waals surface area contributed by atoms with Crippen molar-refractivity contribution in [2.45, 2.75) is 32.1 Å². The number of ether oxygens (including phenoxy) is 1. The molecule has 3 aliphatic heterocycles. The first kappa shape index (κ1) is 14.9. The van der Waals surface area contributed by atoms with E-state index < -0.39 is 0 Å². The van der Waals surface area contributed by atoms with Gasteiger partial charge in [-0.2, -0.15) is 0 Å². The molecule has 4 heterocycles. The predicted molar refractivity (Wildman–Crippen MR) is 99.8 cm³/mol. The maximum atomic E-state index is 11.5. The molecule has 0 amide bonds. The van der Waals surface area contributed by atoms with E-state index in [2.05, 4.69) is 46.1 Å². The zero-order chi connectivity index (χ0) is 17.0. The Kier molecular flexibility index (Phi) is 3.33. The standard InChI is InChI=1S/C20H21N3O2.H2/c1-12-14(9-23-10-15-8-16(11-23)25-15)3-2-4-17(12)13-5-6-18-19(7-13)22-20(24)21-18;/h2-7,15-16H,8-11H2,1H3,(H2,21,22,24);1H. The predicted octanol–water partition coefficient (Wildman–Crippen LogP) is 3.05. The quantitative estimate of drug-likeness (QED) is 0.772. The molecule has 2 atom stereocenters. The number of H-pyrrole nitrogens is 2. The van der Waals surface area contributed by atoms with Crippen molar-refractivity contribution in [2.75, 3.05) is 13.1 Å². The van der Waals surface area contributed by atoms with Crippen LogP contribution in [0.3, 0.4) is 0 Å². The lowest BCUT2D eigenvalue weighted by atomic mass is 9.94. The van der Waals surface area contributed by atoms with E-state index in [0.29, 0.717) is 12.2 Å². The summed E-state index contributed by atoms with van der Waals surface area (Å²) in [7, 11) is 0. The summed E-state index contributed by atoms with van der Waals surface area (Å²) >= 11 is 0. The van der Waals surface area contributed by atoms with Crippen LogP contribution < -0.4 is 5.69 Å². The van der Waals surface area contributed by atoms with Gasteiger partial charge in [0.2, 0.25) is 0 Å². The highest BCUT2D eigenvalue weighted by atomic mass is 16.5. The molecule has 3 aliphatic rings. The van der Waals surface area contributed by atoms with Gasteiger partial charge in [-0.25, -0.2) is 4.79 Å². The molecule has 6 rings (SSSR count). The van der Waals surface area contributed by atoms with Crippen LogP contribution in [0.1, 0.15) is 19.0 Å². The first-order valence-electron chi connectivity index (χ1n) is 8.84. The van der Waals surface area contributed by atoms with E-state index in [0.717, 1.165) is 36.2 Å². The average molecular weight is 337 g/mol. The maximum Gasteiger partial charge on any atom is 0.323 e. The molecule has 2 bridgehead atoms. The maximum absolute atomic E-state index is 11.5. The van der Waals surface area contributed by atoms with Crippen molar-refractivity contribution < 1.29 is 6.16 Å². The summed E-state index contributed by atoms with van der Waals surface area (Å²) in [5.41, 5.74) is 6.55. The number of benzene rings is 2. The molecular formula is C20H23N3O2. The van der Waals surface area contributed by atoms with Crippen LogP contribution in [0, 0.1) is 6.92 Å². The van der Waals surface area contributed by atoms with Gasteiger partial charge in [-0.15, -0.1) is 0 Å². The fourth-order valence-electron chi connectivity index (χ4n) is 4.18. The number of morpholine rings is 1. The van der Waals surface area contributed by atoms with Crippen LogP contribution in [0.15, 0.2) is 41.2 Å². The number of imidazole rings is 1. The Morgan fingerprint density at radius 3 is 2.72 bits per heavy atom. The number of piperidine rings is 1.